The molecule has 3 aromatic rings. The Hall–Kier alpha value is -3.97. The van der Waals surface area contributed by atoms with Crippen LogP contribution in [0.1, 0.15) is 34.9 Å². The Morgan fingerprint density at radius 3 is 2.25 bits per heavy atom. The van der Waals surface area contributed by atoms with E-state index in [-0.39, 0.29) is 24.9 Å². The van der Waals surface area contributed by atoms with Crippen molar-refractivity contribution in [1.82, 2.24) is 0 Å². The van der Waals surface area contributed by atoms with Crippen molar-refractivity contribution in [2.24, 2.45) is 11.8 Å². The van der Waals surface area contributed by atoms with Crippen LogP contribution in [0.25, 0.3) is 11.1 Å². The van der Waals surface area contributed by atoms with Gasteiger partial charge in [0.15, 0.2) is 6.10 Å². The van der Waals surface area contributed by atoms with Crippen molar-refractivity contribution >= 4 is 17.9 Å². The number of esters is 3. The molecule has 0 bridgehead atoms. The Morgan fingerprint density at radius 2 is 1.56 bits per heavy atom. The highest BCUT2D eigenvalue weighted by Crippen LogP contribution is 2.43. The third-order valence-electron chi connectivity index (χ3n) is 6.90. The summed E-state index contributed by atoms with van der Waals surface area (Å²) in [6.45, 7) is -0.0918. The molecule has 2 fully saturated rings. The minimum Gasteiger partial charge on any atom is -0.463 e. The minimum absolute atomic E-state index is 0.0918. The number of carbonyl (C=O) groups is 3. The van der Waals surface area contributed by atoms with Gasteiger partial charge in [0.2, 0.25) is 0 Å². The summed E-state index contributed by atoms with van der Waals surface area (Å²) < 4.78 is 16.6. The molecule has 0 aromatic heterocycles. The summed E-state index contributed by atoms with van der Waals surface area (Å²) in [6.07, 6.45) is -1.88. The van der Waals surface area contributed by atoms with Crippen LogP contribution in [-0.4, -0.2) is 41.8 Å². The topological polar surface area (TPSA) is 99.1 Å². The smallest absolute Gasteiger partial charge is 0.339 e. The summed E-state index contributed by atoms with van der Waals surface area (Å²) in [4.78, 5) is 37.3. The summed E-state index contributed by atoms with van der Waals surface area (Å²) in [5, 5.41) is 10.3. The predicted molar refractivity (Wildman–Crippen MR) is 130 cm³/mol. The van der Waals surface area contributed by atoms with Crippen molar-refractivity contribution in [3.05, 3.63) is 96.1 Å². The molecule has 36 heavy (non-hydrogen) atoms. The number of hydrogen-bond donors (Lipinski definition) is 1. The van der Waals surface area contributed by atoms with Gasteiger partial charge in [-0.25, -0.2) is 9.59 Å². The van der Waals surface area contributed by atoms with Gasteiger partial charge >= 0.3 is 17.9 Å². The maximum Gasteiger partial charge on any atom is 0.339 e. The summed E-state index contributed by atoms with van der Waals surface area (Å²) in [7, 11) is 0. The number of fused-ring (bicyclic) bond motifs is 1. The summed E-state index contributed by atoms with van der Waals surface area (Å²) in [6, 6.07) is 25.5. The highest BCUT2D eigenvalue weighted by atomic mass is 16.6. The molecule has 1 heterocycles. The Bertz CT molecular complexity index is 1220. The standard InChI is InChI=1S/C29H26O7/c30-26-15-22-23(17-34-29(33)27(31)20-9-5-2-6-10-20)25(16-24(22)35-26)36-28(32)21-13-11-19(12-14-21)18-7-3-1-4-8-18/h1-14,22-25,27,31H,15-17H2. The van der Waals surface area contributed by atoms with Crippen molar-refractivity contribution in [3.63, 3.8) is 0 Å². The van der Waals surface area contributed by atoms with Crippen molar-refractivity contribution in [3.8, 4) is 11.1 Å². The van der Waals surface area contributed by atoms with Crippen LogP contribution in [0, 0.1) is 11.8 Å². The van der Waals surface area contributed by atoms with Crippen LogP contribution in [0.15, 0.2) is 84.9 Å². The van der Waals surface area contributed by atoms with Crippen molar-refractivity contribution in [1.29, 1.82) is 0 Å². The molecule has 0 spiro atoms. The molecule has 7 heteroatoms. The zero-order valence-electron chi connectivity index (χ0n) is 19.5. The zero-order valence-corrected chi connectivity index (χ0v) is 19.5. The number of benzene rings is 3. The second-order valence-corrected chi connectivity index (χ2v) is 9.13. The third kappa shape index (κ3) is 5.02. The summed E-state index contributed by atoms with van der Waals surface area (Å²) in [5.41, 5.74) is 2.85. The van der Waals surface area contributed by atoms with Gasteiger partial charge in [-0.3, -0.25) is 4.79 Å². The Balaban J connectivity index is 1.25. The van der Waals surface area contributed by atoms with Crippen LogP contribution in [0.3, 0.4) is 0 Å². The SMILES string of the molecule is O=C1CC2C(CC(OC(=O)c3ccc(-c4ccccc4)cc3)C2COC(=O)C(O)c2ccccc2)O1. The lowest BCUT2D eigenvalue weighted by atomic mass is 9.93. The molecule has 0 amide bonds. The lowest BCUT2D eigenvalue weighted by Gasteiger charge is -2.23. The molecule has 184 valence electrons. The number of aliphatic hydroxyl groups is 1. The van der Waals surface area contributed by atoms with E-state index in [4.69, 9.17) is 14.2 Å². The monoisotopic (exact) mass is 486 g/mol. The van der Waals surface area contributed by atoms with E-state index in [9.17, 15) is 19.5 Å². The van der Waals surface area contributed by atoms with E-state index in [1.807, 2.05) is 42.5 Å². The molecule has 5 rings (SSSR count). The number of rotatable bonds is 7. The normalized spacial score (nSPS) is 23.4. The van der Waals surface area contributed by atoms with Crippen LogP contribution in [-0.2, 0) is 23.8 Å². The van der Waals surface area contributed by atoms with Gasteiger partial charge in [-0.1, -0.05) is 72.8 Å². The summed E-state index contributed by atoms with van der Waals surface area (Å²) in [5.74, 6) is -2.24. The van der Waals surface area contributed by atoms with Gasteiger partial charge in [0.25, 0.3) is 0 Å². The molecule has 1 aliphatic heterocycles. The van der Waals surface area contributed by atoms with Gasteiger partial charge < -0.3 is 19.3 Å². The van der Waals surface area contributed by atoms with Gasteiger partial charge in [0.05, 0.1) is 18.6 Å². The molecule has 7 nitrogen and oxygen atoms in total. The fraction of sp³-hybridized carbons (Fsp3) is 0.276. The van der Waals surface area contributed by atoms with E-state index in [2.05, 4.69) is 0 Å². The molecule has 1 saturated heterocycles. The van der Waals surface area contributed by atoms with E-state index in [1.54, 1.807) is 42.5 Å². The number of hydrogen-bond acceptors (Lipinski definition) is 7. The first-order valence-corrected chi connectivity index (χ1v) is 11.9. The fourth-order valence-electron chi connectivity index (χ4n) is 4.99. The van der Waals surface area contributed by atoms with Crippen molar-refractivity contribution < 1.29 is 33.7 Å². The maximum absolute atomic E-state index is 12.9. The lowest BCUT2D eigenvalue weighted by molar-refractivity contribution is -0.156. The van der Waals surface area contributed by atoms with Gasteiger partial charge in [-0.15, -0.1) is 0 Å². The van der Waals surface area contributed by atoms with Crippen LogP contribution in [0.2, 0.25) is 0 Å². The van der Waals surface area contributed by atoms with Gasteiger partial charge in [0.1, 0.15) is 12.2 Å². The van der Waals surface area contributed by atoms with Gasteiger partial charge in [0, 0.05) is 18.3 Å². The molecule has 1 aliphatic carbocycles. The van der Waals surface area contributed by atoms with E-state index in [0.717, 1.165) is 11.1 Å². The van der Waals surface area contributed by atoms with Crippen LogP contribution < -0.4 is 0 Å². The average molecular weight is 487 g/mol. The Labute approximate surface area is 208 Å². The molecule has 3 aromatic carbocycles. The van der Waals surface area contributed by atoms with E-state index < -0.39 is 36.2 Å². The zero-order chi connectivity index (χ0) is 25.1. The Morgan fingerprint density at radius 1 is 0.917 bits per heavy atom. The first-order valence-electron chi connectivity index (χ1n) is 11.9. The molecule has 5 unspecified atom stereocenters. The Kier molecular flexibility index (Phi) is 6.82. The van der Waals surface area contributed by atoms with E-state index >= 15 is 0 Å². The van der Waals surface area contributed by atoms with Crippen LogP contribution in [0.5, 0.6) is 0 Å². The largest absolute Gasteiger partial charge is 0.463 e. The van der Waals surface area contributed by atoms with E-state index in [1.165, 1.54) is 0 Å². The summed E-state index contributed by atoms with van der Waals surface area (Å²) >= 11 is 0. The van der Waals surface area contributed by atoms with Crippen molar-refractivity contribution in [2.75, 3.05) is 6.61 Å². The number of ether oxygens (including phenoxy) is 3. The number of aliphatic hydroxyl groups excluding tert-OH is 1. The quantitative estimate of drug-likeness (QED) is 0.396. The van der Waals surface area contributed by atoms with Gasteiger partial charge in [-0.2, -0.15) is 0 Å². The highest BCUT2D eigenvalue weighted by molar-refractivity contribution is 5.90. The van der Waals surface area contributed by atoms with Crippen LogP contribution >= 0.6 is 0 Å². The maximum atomic E-state index is 12.9. The molecule has 0 radical (unpaired) electrons. The average Bonchev–Trinajstić information content (AvgIpc) is 3.43. The number of carbonyl (C=O) groups excluding carboxylic acids is 3. The predicted octanol–water partition coefficient (Wildman–Crippen LogP) is 4.11. The van der Waals surface area contributed by atoms with Crippen LogP contribution in [0.4, 0.5) is 0 Å². The molecular weight excluding hydrogens is 460 g/mol. The lowest BCUT2D eigenvalue weighted by Crippen LogP contribution is -2.31. The second-order valence-electron chi connectivity index (χ2n) is 9.13. The highest BCUT2D eigenvalue weighted by Gasteiger charge is 2.52. The van der Waals surface area contributed by atoms with E-state index in [0.29, 0.717) is 17.5 Å². The third-order valence-corrected chi connectivity index (χ3v) is 6.90. The molecule has 1 saturated carbocycles. The molecular formula is C29H26O7. The first kappa shape index (κ1) is 23.8. The molecule has 5 atom stereocenters. The van der Waals surface area contributed by atoms with Gasteiger partial charge in [-0.05, 0) is 28.8 Å². The van der Waals surface area contributed by atoms with Crippen molar-refractivity contribution in [2.45, 2.75) is 31.2 Å². The molecule has 2 aliphatic rings. The minimum atomic E-state index is -1.42. The second kappa shape index (κ2) is 10.3. The first-order chi connectivity index (χ1) is 17.5. The fourth-order valence-corrected chi connectivity index (χ4v) is 4.99. The molecule has 1 N–H and O–H groups in total.